The molecule has 0 atom stereocenters. The van der Waals surface area contributed by atoms with Crippen LogP contribution in [0, 0.1) is 0 Å². The summed E-state index contributed by atoms with van der Waals surface area (Å²) in [6, 6.07) is 0. The molecule has 0 aliphatic heterocycles. The van der Waals surface area contributed by atoms with Crippen molar-refractivity contribution < 1.29 is 9.32 Å². The van der Waals surface area contributed by atoms with E-state index >= 15 is 0 Å². The maximum absolute atomic E-state index is 11.7. The number of carbonyl (C=O) groups excluding carboxylic acids is 1. The molecule has 0 heterocycles. The van der Waals surface area contributed by atoms with E-state index in [-0.39, 0.29) is 5.97 Å². The third-order valence-electron chi connectivity index (χ3n) is 4.76. The molecule has 0 rings (SSSR count). The van der Waals surface area contributed by atoms with E-state index in [0.29, 0.717) is 22.6 Å². The van der Waals surface area contributed by atoms with Crippen molar-refractivity contribution in [2.45, 2.75) is 84.9 Å². The fraction of sp³-hybridized carbons (Fsp3) is 0.929. The Labute approximate surface area is 108 Å². The summed E-state index contributed by atoms with van der Waals surface area (Å²) >= 11 is 0. The van der Waals surface area contributed by atoms with Crippen molar-refractivity contribution >= 4 is 12.8 Å². The standard InChI is InChI=1S/C14H31O2P/c1-10(2)17(11(3)4,12(5)6,13(7)8)16-14(9)15/h10-13H,1-9H3. The number of rotatable bonds is 5. The van der Waals surface area contributed by atoms with E-state index in [0.717, 1.165) is 0 Å². The molecule has 0 N–H and O–H groups in total. The molecular weight excluding hydrogens is 231 g/mol. The Bertz CT molecular complexity index is 236. The van der Waals surface area contributed by atoms with Gasteiger partial charge in [0.05, 0.1) is 0 Å². The van der Waals surface area contributed by atoms with Crippen LogP contribution in [0.25, 0.3) is 0 Å². The molecule has 0 spiro atoms. The van der Waals surface area contributed by atoms with E-state index in [1.165, 1.54) is 0 Å². The van der Waals surface area contributed by atoms with Crippen LogP contribution < -0.4 is 0 Å². The molecule has 0 aliphatic rings. The van der Waals surface area contributed by atoms with Crippen LogP contribution in [0.3, 0.4) is 0 Å². The summed E-state index contributed by atoms with van der Waals surface area (Å²) in [5.74, 6) is -0.118. The topological polar surface area (TPSA) is 26.3 Å². The molecule has 0 unspecified atom stereocenters. The van der Waals surface area contributed by atoms with Gasteiger partial charge < -0.3 is 0 Å². The van der Waals surface area contributed by atoms with E-state index in [1.54, 1.807) is 6.92 Å². The Hall–Kier alpha value is -0.100. The van der Waals surface area contributed by atoms with E-state index in [9.17, 15) is 4.79 Å². The second-order valence-corrected chi connectivity index (χ2v) is 13.2. The van der Waals surface area contributed by atoms with Gasteiger partial charge in [-0.2, -0.15) is 0 Å². The maximum atomic E-state index is 11.7. The van der Waals surface area contributed by atoms with Crippen LogP contribution in [0.4, 0.5) is 0 Å². The molecule has 0 aromatic rings. The summed E-state index contributed by atoms with van der Waals surface area (Å²) in [5.41, 5.74) is 1.63. The average molecular weight is 262 g/mol. The number of hydrogen-bond donors (Lipinski definition) is 0. The van der Waals surface area contributed by atoms with Crippen LogP contribution in [0.15, 0.2) is 0 Å². The first kappa shape index (κ1) is 16.9. The van der Waals surface area contributed by atoms with Crippen molar-refractivity contribution in [2.75, 3.05) is 0 Å². The molecule has 104 valence electrons. The summed E-state index contributed by atoms with van der Waals surface area (Å²) in [7, 11) is 0. The molecular formula is C14H31O2P. The Kier molecular flexibility index (Phi) is 5.23. The first-order valence-electron chi connectivity index (χ1n) is 6.74. The molecule has 3 heteroatoms. The Morgan fingerprint density at radius 2 is 1.00 bits per heavy atom. The van der Waals surface area contributed by atoms with Crippen molar-refractivity contribution in [3.8, 4) is 0 Å². The van der Waals surface area contributed by atoms with Crippen LogP contribution in [-0.2, 0) is 9.32 Å². The normalized spacial score (nSPS) is 15.5. The van der Waals surface area contributed by atoms with Gasteiger partial charge in [0.25, 0.3) is 0 Å². The van der Waals surface area contributed by atoms with Crippen molar-refractivity contribution in [3.63, 3.8) is 0 Å². The molecule has 0 aromatic carbocycles. The predicted molar refractivity (Wildman–Crippen MR) is 79.2 cm³/mol. The Morgan fingerprint density at radius 1 is 0.765 bits per heavy atom. The predicted octanol–water partition coefficient (Wildman–Crippen LogP) is 4.65. The molecule has 0 radical (unpaired) electrons. The van der Waals surface area contributed by atoms with Crippen LogP contribution in [0.5, 0.6) is 0 Å². The second kappa shape index (κ2) is 5.26. The Balaban J connectivity index is 6.13. The second-order valence-electron chi connectivity index (χ2n) is 6.27. The summed E-state index contributed by atoms with van der Waals surface area (Å²) in [5, 5.41) is 0. The monoisotopic (exact) mass is 262 g/mol. The van der Waals surface area contributed by atoms with Gasteiger partial charge in [0.1, 0.15) is 0 Å². The molecule has 0 fully saturated rings. The van der Waals surface area contributed by atoms with E-state index < -0.39 is 6.83 Å². The number of hydrogen-bond acceptors (Lipinski definition) is 2. The molecule has 0 amide bonds. The van der Waals surface area contributed by atoms with Crippen LogP contribution in [-0.4, -0.2) is 28.6 Å². The molecule has 0 bridgehead atoms. The summed E-state index contributed by atoms with van der Waals surface area (Å²) in [6.07, 6.45) is 0. The van der Waals surface area contributed by atoms with Crippen LogP contribution in [0.2, 0.25) is 0 Å². The van der Waals surface area contributed by atoms with Gasteiger partial charge >= 0.3 is 107 Å². The van der Waals surface area contributed by atoms with Gasteiger partial charge in [0.15, 0.2) is 0 Å². The molecule has 0 saturated heterocycles. The zero-order valence-electron chi connectivity index (χ0n) is 13.1. The molecule has 17 heavy (non-hydrogen) atoms. The van der Waals surface area contributed by atoms with Crippen LogP contribution in [0.1, 0.15) is 62.3 Å². The first-order chi connectivity index (χ1) is 7.53. The summed E-state index contributed by atoms with van der Waals surface area (Å²) in [4.78, 5) is 11.7. The zero-order chi connectivity index (χ0) is 14.0. The first-order valence-corrected chi connectivity index (χ1v) is 9.17. The van der Waals surface area contributed by atoms with Gasteiger partial charge in [0.2, 0.25) is 0 Å². The zero-order valence-corrected chi connectivity index (χ0v) is 14.0. The SMILES string of the molecule is CC(=O)OP(C(C)C)(C(C)C)(C(C)C)C(C)C. The Morgan fingerprint density at radius 3 is 1.06 bits per heavy atom. The van der Waals surface area contributed by atoms with Gasteiger partial charge in [-0.3, -0.25) is 0 Å². The molecule has 0 saturated carbocycles. The van der Waals surface area contributed by atoms with Gasteiger partial charge in [-0.05, 0) is 0 Å². The molecule has 2 nitrogen and oxygen atoms in total. The minimum absolute atomic E-state index is 0.118. The average Bonchev–Trinajstić information content (AvgIpc) is 2.11. The number of carbonyl (C=O) groups is 1. The van der Waals surface area contributed by atoms with Gasteiger partial charge in [-0.25, -0.2) is 0 Å². The van der Waals surface area contributed by atoms with Crippen molar-refractivity contribution in [1.82, 2.24) is 0 Å². The fourth-order valence-electron chi connectivity index (χ4n) is 4.30. The van der Waals surface area contributed by atoms with Crippen molar-refractivity contribution in [1.29, 1.82) is 0 Å². The van der Waals surface area contributed by atoms with Gasteiger partial charge in [-0.1, -0.05) is 0 Å². The summed E-state index contributed by atoms with van der Waals surface area (Å²) in [6.45, 7) is 16.8. The quantitative estimate of drug-likeness (QED) is 0.674. The summed E-state index contributed by atoms with van der Waals surface area (Å²) < 4.78 is 6.16. The minimum atomic E-state index is -2.56. The third kappa shape index (κ3) is 2.14. The molecule has 0 aromatic heterocycles. The molecule has 0 aliphatic carbocycles. The van der Waals surface area contributed by atoms with E-state index in [2.05, 4.69) is 55.4 Å². The van der Waals surface area contributed by atoms with Crippen LogP contribution >= 0.6 is 6.83 Å². The van der Waals surface area contributed by atoms with Gasteiger partial charge in [-0.15, -0.1) is 0 Å². The van der Waals surface area contributed by atoms with Gasteiger partial charge in [0, 0.05) is 0 Å². The van der Waals surface area contributed by atoms with E-state index in [4.69, 9.17) is 4.52 Å². The fourth-order valence-corrected chi connectivity index (χ4v) is 12.9. The van der Waals surface area contributed by atoms with E-state index in [1.807, 2.05) is 0 Å². The van der Waals surface area contributed by atoms with Crippen molar-refractivity contribution in [2.24, 2.45) is 0 Å². The van der Waals surface area contributed by atoms with Crippen molar-refractivity contribution in [3.05, 3.63) is 0 Å². The third-order valence-corrected chi connectivity index (χ3v) is 14.3.